The molecule has 0 spiro atoms. The maximum absolute atomic E-state index is 13.8. The molecule has 0 atom stereocenters. The fraction of sp³-hybridized carbons (Fsp3) is 0.188. The van der Waals surface area contributed by atoms with Gasteiger partial charge in [-0.2, -0.15) is 8.42 Å². The highest BCUT2D eigenvalue weighted by Gasteiger charge is 2.27. The smallest absolute Gasteiger partial charge is 0.296 e. The summed E-state index contributed by atoms with van der Waals surface area (Å²) in [7, 11) is -4.25. The summed E-state index contributed by atoms with van der Waals surface area (Å²) >= 11 is 0. The van der Waals surface area contributed by atoms with Crippen LogP contribution in [0.2, 0.25) is 0 Å². The van der Waals surface area contributed by atoms with Crippen LogP contribution < -0.4 is 5.73 Å². The number of rotatable bonds is 7. The molecule has 0 bridgehead atoms. The highest BCUT2D eigenvalue weighted by molar-refractivity contribution is 7.86. The topological polar surface area (TPSA) is 86.5 Å². The molecule has 5 nitrogen and oxygen atoms in total. The molecule has 0 saturated heterocycles. The van der Waals surface area contributed by atoms with E-state index in [-0.39, 0.29) is 19.4 Å². The van der Waals surface area contributed by atoms with Gasteiger partial charge in [-0.05, 0) is 24.1 Å². The fourth-order valence-electron chi connectivity index (χ4n) is 2.13. The van der Waals surface area contributed by atoms with Crippen molar-refractivity contribution >= 4 is 16.0 Å². The summed E-state index contributed by atoms with van der Waals surface area (Å²) in [5, 5.41) is 0. The molecule has 2 rings (SSSR count). The van der Waals surface area contributed by atoms with Crippen LogP contribution in [0.15, 0.2) is 29.2 Å². The van der Waals surface area contributed by atoms with E-state index in [0.717, 1.165) is 24.3 Å². The summed E-state index contributed by atoms with van der Waals surface area (Å²) < 4.78 is 95.8. The first-order chi connectivity index (χ1) is 12.6. The van der Waals surface area contributed by atoms with Crippen LogP contribution in [-0.2, 0) is 19.1 Å². The first kappa shape index (κ1) is 20.8. The number of amides is 1. The molecule has 0 radical (unpaired) electrons. The van der Waals surface area contributed by atoms with Crippen molar-refractivity contribution in [2.75, 3.05) is 6.61 Å². The average Bonchev–Trinajstić information content (AvgIpc) is 2.62. The number of carbonyl (C=O) groups excluding carboxylic acids is 1. The molecule has 2 N–H and O–H groups in total. The third-order valence-electron chi connectivity index (χ3n) is 3.45. The Morgan fingerprint density at radius 1 is 0.889 bits per heavy atom. The third-order valence-corrected chi connectivity index (χ3v) is 4.77. The Balaban J connectivity index is 2.29. The SMILES string of the molecule is NC(=O)CCCOS(=O)(=O)c1ccc(-c2c(F)c(F)c(F)c(F)c2F)cc1. The molecule has 0 aliphatic rings. The maximum Gasteiger partial charge on any atom is 0.296 e. The van der Waals surface area contributed by atoms with Crippen LogP contribution in [0.5, 0.6) is 0 Å². The molecule has 0 saturated carbocycles. The Kier molecular flexibility index (Phi) is 6.16. The van der Waals surface area contributed by atoms with Gasteiger partial charge in [0, 0.05) is 6.42 Å². The van der Waals surface area contributed by atoms with Crippen LogP contribution in [0.25, 0.3) is 11.1 Å². The normalized spacial score (nSPS) is 11.6. The lowest BCUT2D eigenvalue weighted by Gasteiger charge is -2.10. The van der Waals surface area contributed by atoms with Crippen molar-refractivity contribution in [1.82, 2.24) is 0 Å². The number of hydrogen-bond donors (Lipinski definition) is 1. The molecule has 146 valence electrons. The van der Waals surface area contributed by atoms with Gasteiger partial charge in [0.05, 0.1) is 17.1 Å². The summed E-state index contributed by atoms with van der Waals surface area (Å²) in [6.45, 7) is -0.329. The second-order valence-corrected chi connectivity index (χ2v) is 6.93. The Labute approximate surface area is 150 Å². The second kappa shape index (κ2) is 8.01. The van der Waals surface area contributed by atoms with Crippen LogP contribution in [0.1, 0.15) is 12.8 Å². The van der Waals surface area contributed by atoms with Crippen molar-refractivity contribution in [2.24, 2.45) is 5.73 Å². The van der Waals surface area contributed by atoms with E-state index in [1.54, 1.807) is 0 Å². The summed E-state index contributed by atoms with van der Waals surface area (Å²) in [5.74, 6) is -11.2. The van der Waals surface area contributed by atoms with Gasteiger partial charge >= 0.3 is 0 Å². The van der Waals surface area contributed by atoms with Crippen LogP contribution in [0, 0.1) is 29.1 Å². The van der Waals surface area contributed by atoms with Crippen molar-refractivity contribution in [3.63, 3.8) is 0 Å². The zero-order valence-corrected chi connectivity index (χ0v) is 14.3. The molecule has 0 aliphatic carbocycles. The van der Waals surface area contributed by atoms with E-state index >= 15 is 0 Å². The van der Waals surface area contributed by atoms with Crippen molar-refractivity contribution in [3.8, 4) is 11.1 Å². The van der Waals surface area contributed by atoms with E-state index in [2.05, 4.69) is 4.18 Å². The van der Waals surface area contributed by atoms with E-state index in [4.69, 9.17) is 5.73 Å². The van der Waals surface area contributed by atoms with Crippen molar-refractivity contribution < 1.29 is 39.3 Å². The van der Waals surface area contributed by atoms with Gasteiger partial charge in [-0.1, -0.05) is 12.1 Å². The standard InChI is InChI=1S/C16H12F5NO4S/c17-12-11(13(18)15(20)16(21)14(12)19)8-3-5-9(6-4-8)27(24,25)26-7-1-2-10(22)23/h3-6H,1-2,7H2,(H2,22,23). The maximum atomic E-state index is 13.8. The number of halogens is 5. The van der Waals surface area contributed by atoms with Gasteiger partial charge in [-0.3, -0.25) is 8.98 Å². The van der Waals surface area contributed by atoms with E-state index in [0.29, 0.717) is 0 Å². The highest BCUT2D eigenvalue weighted by Crippen LogP contribution is 2.32. The predicted molar refractivity (Wildman–Crippen MR) is 83.2 cm³/mol. The molecule has 0 fully saturated rings. The summed E-state index contributed by atoms with van der Waals surface area (Å²) in [6.07, 6.45) is -0.0358. The molecule has 2 aromatic carbocycles. The molecule has 0 heterocycles. The first-order valence-electron chi connectivity index (χ1n) is 7.36. The average molecular weight is 409 g/mol. The van der Waals surface area contributed by atoms with Gasteiger partial charge in [0.15, 0.2) is 23.3 Å². The lowest BCUT2D eigenvalue weighted by atomic mass is 10.0. The Hall–Kier alpha value is -2.53. The molecule has 2 aromatic rings. The van der Waals surface area contributed by atoms with E-state index in [1.165, 1.54) is 0 Å². The molecular weight excluding hydrogens is 397 g/mol. The molecule has 27 heavy (non-hydrogen) atoms. The summed E-state index contributed by atoms with van der Waals surface area (Å²) in [6, 6.07) is 3.52. The first-order valence-corrected chi connectivity index (χ1v) is 8.76. The second-order valence-electron chi connectivity index (χ2n) is 5.32. The van der Waals surface area contributed by atoms with Gasteiger partial charge in [0.1, 0.15) is 0 Å². The van der Waals surface area contributed by atoms with E-state index < -0.39 is 61.1 Å². The van der Waals surface area contributed by atoms with E-state index in [9.17, 15) is 35.2 Å². The summed E-state index contributed by atoms with van der Waals surface area (Å²) in [5.41, 5.74) is 3.29. The van der Waals surface area contributed by atoms with Gasteiger partial charge in [-0.15, -0.1) is 0 Å². The highest BCUT2D eigenvalue weighted by atomic mass is 32.2. The number of primary amides is 1. The lowest BCUT2D eigenvalue weighted by Crippen LogP contribution is -2.13. The van der Waals surface area contributed by atoms with Crippen molar-refractivity contribution in [2.45, 2.75) is 17.7 Å². The fourth-order valence-corrected chi connectivity index (χ4v) is 3.07. The molecule has 0 unspecified atom stereocenters. The Morgan fingerprint density at radius 3 is 1.85 bits per heavy atom. The largest absolute Gasteiger partial charge is 0.370 e. The molecular formula is C16H12F5NO4S. The monoisotopic (exact) mass is 409 g/mol. The molecule has 0 aliphatic heterocycles. The Bertz CT molecular complexity index is 948. The quantitative estimate of drug-likeness (QED) is 0.250. The third kappa shape index (κ3) is 4.42. The summed E-state index contributed by atoms with van der Waals surface area (Å²) in [4.78, 5) is 10.2. The van der Waals surface area contributed by atoms with Gasteiger partial charge in [0.25, 0.3) is 10.1 Å². The Morgan fingerprint density at radius 2 is 1.37 bits per heavy atom. The van der Waals surface area contributed by atoms with Gasteiger partial charge < -0.3 is 5.73 Å². The number of hydrogen-bond acceptors (Lipinski definition) is 4. The zero-order chi connectivity index (χ0) is 20.4. The number of nitrogens with two attached hydrogens (primary N) is 1. The number of carbonyl (C=O) groups is 1. The van der Waals surface area contributed by atoms with Crippen molar-refractivity contribution in [3.05, 3.63) is 53.4 Å². The molecule has 1 amide bonds. The lowest BCUT2D eigenvalue weighted by molar-refractivity contribution is -0.118. The minimum absolute atomic E-state index is 0.0528. The van der Waals surface area contributed by atoms with E-state index in [1.807, 2.05) is 0 Å². The van der Waals surface area contributed by atoms with Crippen LogP contribution in [0.4, 0.5) is 22.0 Å². The number of benzene rings is 2. The molecule has 0 aromatic heterocycles. The van der Waals surface area contributed by atoms with Crippen molar-refractivity contribution in [1.29, 1.82) is 0 Å². The van der Waals surface area contributed by atoms with Gasteiger partial charge in [-0.25, -0.2) is 22.0 Å². The van der Waals surface area contributed by atoms with Crippen LogP contribution in [0.3, 0.4) is 0 Å². The molecule has 11 heteroatoms. The van der Waals surface area contributed by atoms with Gasteiger partial charge in [0.2, 0.25) is 11.7 Å². The minimum Gasteiger partial charge on any atom is -0.370 e. The van der Waals surface area contributed by atoms with Crippen LogP contribution >= 0.6 is 0 Å². The zero-order valence-electron chi connectivity index (χ0n) is 13.4. The predicted octanol–water partition coefficient (Wildman–Crippen LogP) is 3.02. The van der Waals surface area contributed by atoms with Crippen LogP contribution in [-0.4, -0.2) is 20.9 Å². The minimum atomic E-state index is -4.25.